The Bertz CT molecular complexity index is 851. The molecule has 0 saturated carbocycles. The van der Waals surface area contributed by atoms with Gasteiger partial charge in [0.05, 0.1) is 5.39 Å². The second-order valence-corrected chi connectivity index (χ2v) is 7.57. The molecule has 0 radical (unpaired) electrons. The smallest absolute Gasteiger partial charge is 0.139 e. The molecule has 1 aliphatic rings. The lowest BCUT2D eigenvalue weighted by molar-refractivity contribution is 0.478. The van der Waals surface area contributed by atoms with Gasteiger partial charge < -0.3 is 10.6 Å². The third-order valence-corrected chi connectivity index (χ3v) is 5.58. The van der Waals surface area contributed by atoms with Gasteiger partial charge in [0.25, 0.3) is 0 Å². The lowest BCUT2D eigenvalue weighted by atomic mass is 10.0. The lowest BCUT2D eigenvalue weighted by Crippen LogP contribution is -2.35. The van der Waals surface area contributed by atoms with Gasteiger partial charge in [0.2, 0.25) is 0 Å². The second-order valence-electron chi connectivity index (χ2n) is 6.37. The monoisotopic (exact) mass is 338 g/mol. The summed E-state index contributed by atoms with van der Waals surface area (Å²) in [7, 11) is 0. The highest BCUT2D eigenvalue weighted by Gasteiger charge is 2.20. The number of rotatable bonds is 3. The number of piperidine rings is 1. The Morgan fingerprint density at radius 3 is 2.58 bits per heavy atom. The Kier molecular flexibility index (Phi) is 4.21. The van der Waals surface area contributed by atoms with E-state index < -0.39 is 0 Å². The first-order chi connectivity index (χ1) is 11.7. The van der Waals surface area contributed by atoms with E-state index in [4.69, 9.17) is 9.97 Å². The number of nitrogens with one attached hydrogen (secondary N) is 2. The van der Waals surface area contributed by atoms with Gasteiger partial charge in [-0.2, -0.15) is 0 Å². The molecule has 0 bridgehead atoms. The first-order valence-corrected chi connectivity index (χ1v) is 9.34. The van der Waals surface area contributed by atoms with Gasteiger partial charge in [-0.15, -0.1) is 11.3 Å². The van der Waals surface area contributed by atoms with E-state index in [-0.39, 0.29) is 0 Å². The van der Waals surface area contributed by atoms with Crippen LogP contribution in [0.3, 0.4) is 0 Å². The fraction of sp³-hybridized carbons (Fsp3) is 0.368. The molecule has 0 atom stereocenters. The Morgan fingerprint density at radius 1 is 1.08 bits per heavy atom. The average Bonchev–Trinajstić information content (AvgIpc) is 2.92. The maximum Gasteiger partial charge on any atom is 0.139 e. The number of nitrogens with zero attached hydrogens (tertiary/aromatic N) is 2. The van der Waals surface area contributed by atoms with Gasteiger partial charge in [0.15, 0.2) is 0 Å². The van der Waals surface area contributed by atoms with E-state index in [0.717, 1.165) is 42.4 Å². The van der Waals surface area contributed by atoms with Crippen LogP contribution in [0.1, 0.15) is 23.5 Å². The van der Waals surface area contributed by atoms with Crippen LogP contribution < -0.4 is 10.6 Å². The number of anilines is 1. The summed E-state index contributed by atoms with van der Waals surface area (Å²) in [5.41, 5.74) is 2.51. The minimum Gasteiger partial charge on any atom is -0.367 e. The van der Waals surface area contributed by atoms with Gasteiger partial charge in [-0.1, -0.05) is 30.3 Å². The van der Waals surface area contributed by atoms with Crippen molar-refractivity contribution >= 4 is 27.4 Å². The zero-order chi connectivity index (χ0) is 16.5. The zero-order valence-corrected chi connectivity index (χ0v) is 14.9. The van der Waals surface area contributed by atoms with Crippen molar-refractivity contribution in [3.05, 3.63) is 41.0 Å². The molecule has 1 fully saturated rings. The van der Waals surface area contributed by atoms with Crippen molar-refractivity contribution < 1.29 is 0 Å². The van der Waals surface area contributed by atoms with Crippen molar-refractivity contribution in [3.8, 4) is 11.1 Å². The van der Waals surface area contributed by atoms with Crippen LogP contribution in [0.25, 0.3) is 21.3 Å². The molecular weight excluding hydrogens is 316 g/mol. The van der Waals surface area contributed by atoms with Gasteiger partial charge in [-0.05, 0) is 45.3 Å². The lowest BCUT2D eigenvalue weighted by Gasteiger charge is -2.24. The Hall–Kier alpha value is -1.98. The van der Waals surface area contributed by atoms with Crippen molar-refractivity contribution in [2.24, 2.45) is 0 Å². The molecule has 0 amide bonds. The summed E-state index contributed by atoms with van der Waals surface area (Å²) in [4.78, 5) is 11.8. The first-order valence-electron chi connectivity index (χ1n) is 8.53. The largest absolute Gasteiger partial charge is 0.367 e. The molecular formula is C19H22N4S. The summed E-state index contributed by atoms with van der Waals surface area (Å²) < 4.78 is 0. The van der Waals surface area contributed by atoms with E-state index in [9.17, 15) is 0 Å². The van der Waals surface area contributed by atoms with Crippen LogP contribution in [0.4, 0.5) is 5.82 Å². The minimum absolute atomic E-state index is 0.479. The highest BCUT2D eigenvalue weighted by molar-refractivity contribution is 7.19. The number of hydrogen-bond donors (Lipinski definition) is 2. The third kappa shape index (κ3) is 2.89. The van der Waals surface area contributed by atoms with E-state index in [0.29, 0.717) is 6.04 Å². The third-order valence-electron chi connectivity index (χ3n) is 4.58. The Balaban J connectivity index is 1.85. The molecule has 3 aromatic rings. The molecule has 4 nitrogen and oxygen atoms in total. The van der Waals surface area contributed by atoms with Gasteiger partial charge in [0.1, 0.15) is 16.5 Å². The maximum absolute atomic E-state index is 4.76. The topological polar surface area (TPSA) is 49.8 Å². The standard InChI is InChI=1S/C19H22N4S/c1-12-16(14-6-4-3-5-7-14)17-18(21-13(2)22-19(17)24-12)23-15-8-10-20-11-9-15/h3-7,15,20H,8-11H2,1-2H3,(H,21,22,23). The van der Waals surface area contributed by atoms with Gasteiger partial charge >= 0.3 is 0 Å². The SMILES string of the molecule is Cc1nc(NC2CCNCC2)c2c(-c3ccccc3)c(C)sc2n1. The summed E-state index contributed by atoms with van der Waals surface area (Å²) in [6.07, 6.45) is 2.27. The number of fused-ring (bicyclic) bond motifs is 1. The highest BCUT2D eigenvalue weighted by atomic mass is 32.1. The number of benzene rings is 1. The highest BCUT2D eigenvalue weighted by Crippen LogP contribution is 2.40. The number of hydrogen-bond acceptors (Lipinski definition) is 5. The van der Waals surface area contributed by atoms with Crippen LogP contribution in [0.5, 0.6) is 0 Å². The maximum atomic E-state index is 4.76. The number of thiophene rings is 1. The number of aryl methyl sites for hydroxylation is 2. The molecule has 1 saturated heterocycles. The summed E-state index contributed by atoms with van der Waals surface area (Å²) >= 11 is 1.76. The second kappa shape index (κ2) is 6.49. The van der Waals surface area contributed by atoms with Crippen molar-refractivity contribution in [2.45, 2.75) is 32.7 Å². The summed E-state index contributed by atoms with van der Waals surface area (Å²) in [6.45, 7) is 6.29. The predicted octanol–water partition coefficient (Wildman–Crippen LogP) is 4.14. The molecule has 2 aromatic heterocycles. The van der Waals surface area contributed by atoms with Gasteiger partial charge in [-0.3, -0.25) is 0 Å². The molecule has 124 valence electrons. The molecule has 4 rings (SSSR count). The molecule has 0 aliphatic carbocycles. The van der Waals surface area contributed by atoms with E-state index in [1.165, 1.54) is 21.4 Å². The van der Waals surface area contributed by atoms with Crippen molar-refractivity contribution in [1.29, 1.82) is 0 Å². The van der Waals surface area contributed by atoms with E-state index in [2.05, 4.69) is 47.9 Å². The molecule has 0 spiro atoms. The minimum atomic E-state index is 0.479. The van der Waals surface area contributed by atoms with Crippen LogP contribution >= 0.6 is 11.3 Å². The Labute approximate surface area is 146 Å². The van der Waals surface area contributed by atoms with Crippen molar-refractivity contribution in [2.75, 3.05) is 18.4 Å². The normalized spacial score (nSPS) is 15.8. The summed E-state index contributed by atoms with van der Waals surface area (Å²) in [5, 5.41) is 8.30. The van der Waals surface area contributed by atoms with Crippen LogP contribution in [0.2, 0.25) is 0 Å². The molecule has 3 heterocycles. The quantitative estimate of drug-likeness (QED) is 0.753. The summed E-state index contributed by atoms with van der Waals surface area (Å²) in [5.74, 6) is 1.83. The molecule has 5 heteroatoms. The van der Waals surface area contributed by atoms with Crippen molar-refractivity contribution in [3.63, 3.8) is 0 Å². The molecule has 1 aromatic carbocycles. The molecule has 2 N–H and O–H groups in total. The van der Waals surface area contributed by atoms with Crippen LogP contribution in [0.15, 0.2) is 30.3 Å². The molecule has 0 unspecified atom stereocenters. The van der Waals surface area contributed by atoms with Gasteiger partial charge in [-0.25, -0.2) is 9.97 Å². The van der Waals surface area contributed by atoms with Crippen molar-refractivity contribution in [1.82, 2.24) is 15.3 Å². The predicted molar refractivity (Wildman–Crippen MR) is 102 cm³/mol. The average molecular weight is 338 g/mol. The fourth-order valence-electron chi connectivity index (χ4n) is 3.43. The van der Waals surface area contributed by atoms with E-state index >= 15 is 0 Å². The molecule has 24 heavy (non-hydrogen) atoms. The van der Waals surface area contributed by atoms with E-state index in [1.54, 1.807) is 11.3 Å². The first kappa shape index (κ1) is 15.5. The summed E-state index contributed by atoms with van der Waals surface area (Å²) in [6, 6.07) is 11.1. The fourth-order valence-corrected chi connectivity index (χ4v) is 4.53. The van der Waals surface area contributed by atoms with E-state index in [1.807, 2.05) is 6.92 Å². The van der Waals surface area contributed by atoms with Crippen LogP contribution in [0, 0.1) is 13.8 Å². The zero-order valence-electron chi connectivity index (χ0n) is 14.1. The van der Waals surface area contributed by atoms with Crippen LogP contribution in [-0.2, 0) is 0 Å². The molecule has 1 aliphatic heterocycles. The Morgan fingerprint density at radius 2 is 1.83 bits per heavy atom. The number of aromatic nitrogens is 2. The van der Waals surface area contributed by atoms with Gasteiger partial charge in [0, 0.05) is 16.5 Å². The van der Waals surface area contributed by atoms with Crippen LogP contribution in [-0.4, -0.2) is 29.1 Å².